The van der Waals surface area contributed by atoms with E-state index in [1.165, 1.54) is 30.0 Å². The van der Waals surface area contributed by atoms with E-state index in [9.17, 15) is 19.5 Å². The topological polar surface area (TPSA) is 177 Å². The van der Waals surface area contributed by atoms with Crippen molar-refractivity contribution in [3.63, 3.8) is 0 Å². The van der Waals surface area contributed by atoms with Crippen LogP contribution in [0.1, 0.15) is 5.69 Å². The van der Waals surface area contributed by atoms with E-state index in [4.69, 9.17) is 15.0 Å². The van der Waals surface area contributed by atoms with Crippen LogP contribution in [0.4, 0.5) is 5.13 Å². The minimum absolute atomic E-state index is 0.0819. The fraction of sp³-hybridized carbons (Fsp3) is 0.227. The summed E-state index contributed by atoms with van der Waals surface area (Å²) >= 11 is 2.50. The van der Waals surface area contributed by atoms with Crippen molar-refractivity contribution in [2.24, 2.45) is 5.16 Å². The van der Waals surface area contributed by atoms with Crippen molar-refractivity contribution in [3.05, 3.63) is 59.3 Å². The van der Waals surface area contributed by atoms with Crippen LogP contribution in [-0.2, 0) is 25.8 Å². The number of thioether (sulfide) groups is 1. The second-order valence-electron chi connectivity index (χ2n) is 7.91. The maximum Gasteiger partial charge on any atom is 0.352 e. The molecule has 2 amide bonds. The van der Waals surface area contributed by atoms with Crippen molar-refractivity contribution in [3.8, 4) is 11.5 Å². The zero-order valence-electron chi connectivity index (χ0n) is 19.2. The average molecular weight is 543 g/mol. The molecule has 0 spiro atoms. The van der Waals surface area contributed by atoms with Crippen LogP contribution in [0.3, 0.4) is 0 Å². The molecule has 0 aromatic carbocycles. The molecule has 0 radical (unpaired) electrons. The number of pyridine rings is 1. The Kier molecular flexibility index (Phi) is 6.62. The molecule has 13 nitrogen and oxygen atoms in total. The van der Waals surface area contributed by atoms with Crippen LogP contribution in [0.5, 0.6) is 0 Å². The normalized spacial score (nSPS) is 19.3. The first kappa shape index (κ1) is 24.5. The number of carbonyl (C=O) groups is 3. The highest BCUT2D eigenvalue weighted by Gasteiger charge is 2.54. The summed E-state index contributed by atoms with van der Waals surface area (Å²) in [5.41, 5.74) is 6.99. The maximum absolute atomic E-state index is 13.0. The quantitative estimate of drug-likeness (QED) is 0.157. The molecule has 0 aliphatic carbocycles. The smallest absolute Gasteiger partial charge is 0.352 e. The average Bonchev–Trinajstić information content (AvgIpc) is 3.58. The fourth-order valence-electron chi connectivity index (χ4n) is 4.00. The van der Waals surface area contributed by atoms with E-state index in [0.29, 0.717) is 17.2 Å². The Morgan fingerprint density at radius 3 is 2.81 bits per heavy atom. The van der Waals surface area contributed by atoms with Crippen LogP contribution in [-0.4, -0.2) is 67.7 Å². The monoisotopic (exact) mass is 542 g/mol. The number of hydrogen-bond donors (Lipinski definition) is 3. The number of carboxylic acids is 1. The largest absolute Gasteiger partial charge is 0.477 e. The molecule has 37 heavy (non-hydrogen) atoms. The summed E-state index contributed by atoms with van der Waals surface area (Å²) in [6.07, 6.45) is 6.60. The predicted octanol–water partition coefficient (Wildman–Crippen LogP) is 0.457. The summed E-state index contributed by atoms with van der Waals surface area (Å²) < 4.78 is 7.10. The van der Waals surface area contributed by atoms with E-state index < -0.39 is 29.2 Å². The van der Waals surface area contributed by atoms with E-state index in [1.807, 2.05) is 4.57 Å². The molecular weight excluding hydrogens is 522 g/mol. The van der Waals surface area contributed by atoms with Gasteiger partial charge in [0.1, 0.15) is 36.2 Å². The van der Waals surface area contributed by atoms with Gasteiger partial charge in [-0.25, -0.2) is 19.3 Å². The van der Waals surface area contributed by atoms with Crippen LogP contribution in [0.25, 0.3) is 11.5 Å². The molecule has 15 heteroatoms. The van der Waals surface area contributed by atoms with Gasteiger partial charge >= 0.3 is 5.97 Å². The number of nitrogens with zero attached hydrogens (tertiary/aromatic N) is 5. The number of oxime groups is 1. The van der Waals surface area contributed by atoms with Crippen molar-refractivity contribution in [1.82, 2.24) is 20.2 Å². The van der Waals surface area contributed by atoms with Crippen molar-refractivity contribution < 1.29 is 33.3 Å². The molecule has 5 rings (SSSR count). The molecule has 2 atom stereocenters. The van der Waals surface area contributed by atoms with Gasteiger partial charge in [-0.15, -0.1) is 23.1 Å². The van der Waals surface area contributed by atoms with Gasteiger partial charge in [0.25, 0.3) is 11.8 Å². The Morgan fingerprint density at radius 1 is 1.41 bits per heavy atom. The molecule has 0 unspecified atom stereocenters. The van der Waals surface area contributed by atoms with Crippen molar-refractivity contribution >= 4 is 51.7 Å². The molecular formula is C22H20N7O6S2+. The minimum atomic E-state index is -1.21. The Hall–Kier alpha value is -4.24. The molecule has 2 aliphatic rings. The van der Waals surface area contributed by atoms with Crippen LogP contribution in [0, 0.1) is 0 Å². The molecule has 190 valence electrons. The van der Waals surface area contributed by atoms with E-state index in [0.717, 1.165) is 16.9 Å². The first-order chi connectivity index (χ1) is 17.9. The number of β-lactam (4-membered cyclic amide) rings is 1. The number of nitrogen functional groups attached to an aromatic ring is 1. The lowest BCUT2D eigenvalue weighted by molar-refractivity contribution is -0.689. The standard InChI is InChI=1S/C22H19N7O6S2/c1-34-27-14(13-10-37-22(23)25-13)17(30)26-15-19(31)29-16(21(32)33)12(9-36-20(15)29)8-28-5-2-11(3-6-28)18-24-4-7-35-18/h2-7,10,15,20H,8-9H2,1H3,(H3-,23,25,26,30,32,33)/p+1/t15-,20+/m1/s1. The third kappa shape index (κ3) is 4.65. The summed E-state index contributed by atoms with van der Waals surface area (Å²) in [5.74, 6) is -1.59. The number of nitrogens with two attached hydrogens (primary N) is 1. The number of amides is 2. The first-order valence-electron chi connectivity index (χ1n) is 10.8. The third-order valence-corrected chi connectivity index (χ3v) is 7.66. The number of nitrogens with one attached hydrogen (secondary N) is 1. The second-order valence-corrected chi connectivity index (χ2v) is 9.90. The van der Waals surface area contributed by atoms with E-state index in [1.54, 1.807) is 36.1 Å². The summed E-state index contributed by atoms with van der Waals surface area (Å²) in [6.45, 7) is 0.268. The van der Waals surface area contributed by atoms with Crippen LogP contribution >= 0.6 is 23.1 Å². The van der Waals surface area contributed by atoms with Crippen molar-refractivity contribution in [2.45, 2.75) is 18.0 Å². The lowest BCUT2D eigenvalue weighted by Crippen LogP contribution is -2.71. The number of hydrogen-bond acceptors (Lipinski definition) is 11. The van der Waals surface area contributed by atoms with Gasteiger partial charge in [0.2, 0.25) is 5.89 Å². The van der Waals surface area contributed by atoms with E-state index in [2.05, 4.69) is 20.4 Å². The third-order valence-electron chi connectivity index (χ3n) is 5.64. The molecule has 3 aromatic heterocycles. The van der Waals surface area contributed by atoms with Crippen molar-refractivity contribution in [2.75, 3.05) is 18.6 Å². The summed E-state index contributed by atoms with van der Waals surface area (Å²) in [5, 5.41) is 17.5. The molecule has 0 saturated carbocycles. The summed E-state index contributed by atoms with van der Waals surface area (Å²) in [6, 6.07) is 2.68. The molecule has 2 aliphatic heterocycles. The summed E-state index contributed by atoms with van der Waals surface area (Å²) in [7, 11) is 1.28. The van der Waals surface area contributed by atoms with Gasteiger partial charge < -0.3 is 25.4 Å². The Balaban J connectivity index is 1.32. The fourth-order valence-corrected chi connectivity index (χ4v) is 5.88. The van der Waals surface area contributed by atoms with Gasteiger partial charge in [0.05, 0.1) is 6.20 Å². The number of carboxylic acid groups (broad SMARTS) is 1. The molecule has 0 bridgehead atoms. The Morgan fingerprint density at radius 2 is 2.19 bits per heavy atom. The second kappa shape index (κ2) is 10.0. The number of rotatable bonds is 8. The molecule has 3 aromatic rings. The van der Waals surface area contributed by atoms with Gasteiger partial charge in [-0.2, -0.15) is 0 Å². The van der Waals surface area contributed by atoms with Crippen LogP contribution in [0.15, 0.2) is 63.2 Å². The Labute approximate surface area is 217 Å². The number of thiazole rings is 1. The molecule has 4 N–H and O–H groups in total. The first-order valence-corrected chi connectivity index (χ1v) is 12.7. The lowest BCUT2D eigenvalue weighted by Gasteiger charge is -2.49. The zero-order chi connectivity index (χ0) is 26.1. The maximum atomic E-state index is 13.0. The zero-order valence-corrected chi connectivity index (χ0v) is 20.9. The number of fused-ring (bicyclic) bond motifs is 1. The number of oxazole rings is 1. The molecule has 1 fully saturated rings. The number of carbonyl (C=O) groups excluding carboxylic acids is 2. The number of aromatic nitrogens is 3. The van der Waals surface area contributed by atoms with Crippen LogP contribution in [0.2, 0.25) is 0 Å². The van der Waals surface area contributed by atoms with Gasteiger partial charge in [-0.1, -0.05) is 5.16 Å². The number of aliphatic carboxylic acids is 1. The van der Waals surface area contributed by atoms with E-state index >= 15 is 0 Å². The predicted molar refractivity (Wildman–Crippen MR) is 132 cm³/mol. The van der Waals surface area contributed by atoms with Gasteiger partial charge in [-0.05, 0) is 0 Å². The highest BCUT2D eigenvalue weighted by molar-refractivity contribution is 8.00. The van der Waals surface area contributed by atoms with Gasteiger partial charge in [0, 0.05) is 34.4 Å². The highest BCUT2D eigenvalue weighted by atomic mass is 32.2. The minimum Gasteiger partial charge on any atom is -0.477 e. The van der Waals surface area contributed by atoms with Gasteiger partial charge in [0.15, 0.2) is 29.8 Å². The molecule has 5 heterocycles. The Bertz CT molecular complexity index is 1420. The van der Waals surface area contributed by atoms with E-state index in [-0.39, 0.29) is 28.8 Å². The summed E-state index contributed by atoms with van der Waals surface area (Å²) in [4.78, 5) is 52.2. The van der Waals surface area contributed by atoms with Gasteiger partial charge in [-0.3, -0.25) is 14.5 Å². The number of anilines is 1. The van der Waals surface area contributed by atoms with Crippen LogP contribution < -0.4 is 15.6 Å². The molecule has 1 saturated heterocycles. The highest BCUT2D eigenvalue weighted by Crippen LogP contribution is 2.40. The van der Waals surface area contributed by atoms with Crippen molar-refractivity contribution in [1.29, 1.82) is 0 Å². The SMILES string of the molecule is CON=C(C(=O)N[C@@H]1C(=O)N2C(C(=O)O)=C(C[n+]3ccc(-c4ncco4)cc3)CS[C@@H]12)c1csc(N)n1. The lowest BCUT2D eigenvalue weighted by atomic mass is 10.0.